The van der Waals surface area contributed by atoms with Gasteiger partial charge in [0.05, 0.1) is 0 Å². The van der Waals surface area contributed by atoms with E-state index in [0.29, 0.717) is 0 Å². The van der Waals surface area contributed by atoms with Gasteiger partial charge in [0.15, 0.2) is 6.20 Å². The number of aromatic nitrogens is 1. The topological polar surface area (TPSA) is 3.88 Å². The van der Waals surface area contributed by atoms with E-state index in [2.05, 4.69) is 88.0 Å². The van der Waals surface area contributed by atoms with Crippen LogP contribution in [0.25, 0.3) is 22.4 Å². The maximum atomic E-state index is 2.49. The highest BCUT2D eigenvalue weighted by molar-refractivity contribution is 5.80. The van der Waals surface area contributed by atoms with Gasteiger partial charge in [0.1, 0.15) is 7.05 Å². The van der Waals surface area contributed by atoms with Gasteiger partial charge in [-0.3, -0.25) is 0 Å². The van der Waals surface area contributed by atoms with Crippen molar-refractivity contribution in [1.82, 2.24) is 0 Å². The molecule has 1 saturated carbocycles. The van der Waals surface area contributed by atoms with Crippen molar-refractivity contribution in [2.75, 3.05) is 0 Å². The summed E-state index contributed by atoms with van der Waals surface area (Å²) in [6.45, 7) is 9.04. The monoisotopic (exact) mass is 384 g/mol. The molecule has 1 nitrogen and oxygen atoms in total. The summed E-state index contributed by atoms with van der Waals surface area (Å²) in [5.74, 6) is 0.727. The lowest BCUT2D eigenvalue weighted by Gasteiger charge is -2.23. The van der Waals surface area contributed by atoms with Gasteiger partial charge in [-0.15, -0.1) is 0 Å². The Bertz CT molecular complexity index is 1040. The molecule has 1 aromatic heterocycles. The molecular formula is C28H34N+. The highest BCUT2D eigenvalue weighted by atomic mass is 14.9. The molecule has 1 heterocycles. The van der Waals surface area contributed by atoms with Gasteiger partial charge in [0.2, 0.25) is 5.69 Å². The van der Waals surface area contributed by atoms with Gasteiger partial charge in [-0.05, 0) is 85.9 Å². The molecule has 0 N–H and O–H groups in total. The number of hydrogen-bond acceptors (Lipinski definition) is 0. The molecular weight excluding hydrogens is 350 g/mol. The average molecular weight is 385 g/mol. The number of pyridine rings is 1. The normalized spacial score (nSPS) is 14.9. The van der Waals surface area contributed by atoms with Crippen LogP contribution in [0.15, 0.2) is 48.7 Å². The van der Waals surface area contributed by atoms with Crippen LogP contribution in [-0.2, 0) is 7.05 Å². The zero-order valence-electron chi connectivity index (χ0n) is 18.7. The van der Waals surface area contributed by atoms with E-state index in [1.807, 2.05) is 0 Å². The SMILES string of the molecule is Cc1ccccc1-c1c(C)ccc(-c2cc(C3CCCCC3)c(C)c[n+]2C)c1C. The lowest BCUT2D eigenvalue weighted by molar-refractivity contribution is -0.660. The molecule has 0 spiro atoms. The Balaban J connectivity index is 1.87. The molecule has 0 atom stereocenters. The molecule has 29 heavy (non-hydrogen) atoms. The van der Waals surface area contributed by atoms with Crippen LogP contribution >= 0.6 is 0 Å². The first-order valence-electron chi connectivity index (χ1n) is 11.1. The average Bonchev–Trinajstić information content (AvgIpc) is 2.71. The van der Waals surface area contributed by atoms with Crippen molar-refractivity contribution in [2.45, 2.75) is 65.7 Å². The van der Waals surface area contributed by atoms with E-state index in [1.54, 1.807) is 5.56 Å². The molecule has 1 aliphatic rings. The Hall–Kier alpha value is -2.41. The number of aryl methyl sites for hydroxylation is 4. The molecule has 150 valence electrons. The predicted octanol–water partition coefficient (Wildman–Crippen LogP) is 7.13. The Morgan fingerprint density at radius 1 is 0.759 bits per heavy atom. The van der Waals surface area contributed by atoms with E-state index in [4.69, 9.17) is 0 Å². The molecule has 1 aliphatic carbocycles. The van der Waals surface area contributed by atoms with Gasteiger partial charge in [-0.2, -0.15) is 0 Å². The highest BCUT2D eigenvalue weighted by Crippen LogP contribution is 2.38. The van der Waals surface area contributed by atoms with Crippen LogP contribution in [0.3, 0.4) is 0 Å². The molecule has 2 aromatic carbocycles. The minimum absolute atomic E-state index is 0.727. The van der Waals surface area contributed by atoms with E-state index in [0.717, 1.165) is 5.92 Å². The third-order valence-corrected chi connectivity index (χ3v) is 6.92. The number of rotatable bonds is 3. The number of hydrogen-bond donors (Lipinski definition) is 0. The summed E-state index contributed by atoms with van der Waals surface area (Å²) in [6.07, 6.45) is 9.18. The quantitative estimate of drug-likeness (QED) is 0.423. The zero-order valence-corrected chi connectivity index (χ0v) is 18.7. The fourth-order valence-electron chi connectivity index (χ4n) is 5.31. The van der Waals surface area contributed by atoms with E-state index < -0.39 is 0 Å². The van der Waals surface area contributed by atoms with Crippen molar-refractivity contribution < 1.29 is 4.57 Å². The maximum absolute atomic E-state index is 2.49. The molecule has 0 unspecified atom stereocenters. The summed E-state index contributed by atoms with van der Waals surface area (Å²) >= 11 is 0. The molecule has 0 amide bonds. The molecule has 1 heteroatoms. The van der Waals surface area contributed by atoms with E-state index >= 15 is 0 Å². The van der Waals surface area contributed by atoms with Gasteiger partial charge in [0.25, 0.3) is 0 Å². The van der Waals surface area contributed by atoms with Crippen molar-refractivity contribution in [1.29, 1.82) is 0 Å². The predicted molar refractivity (Wildman–Crippen MR) is 123 cm³/mol. The number of nitrogens with zero attached hydrogens (tertiary/aromatic N) is 1. The van der Waals surface area contributed by atoms with Crippen LogP contribution in [0, 0.1) is 27.7 Å². The summed E-state index contributed by atoms with van der Waals surface area (Å²) in [5.41, 5.74) is 12.5. The standard InChI is InChI=1S/C28H34N/c1-19-11-9-10-14-24(19)28-20(2)15-16-25(22(28)4)27-17-26(21(3)18-29(27)5)23-12-7-6-8-13-23/h9-11,14-18,23H,6-8,12-13H2,1-5H3/q+1. The Morgan fingerprint density at radius 3 is 2.21 bits per heavy atom. The Labute approximate surface area is 176 Å². The van der Waals surface area contributed by atoms with Gasteiger partial charge < -0.3 is 0 Å². The van der Waals surface area contributed by atoms with Gasteiger partial charge in [-0.1, -0.05) is 49.6 Å². The smallest absolute Gasteiger partial charge is 0.201 e. The number of benzene rings is 2. The van der Waals surface area contributed by atoms with Crippen molar-refractivity contribution in [3.8, 4) is 22.4 Å². The largest absolute Gasteiger partial charge is 0.212 e. The summed E-state index contributed by atoms with van der Waals surface area (Å²) in [7, 11) is 2.19. The second-order valence-electron chi connectivity index (χ2n) is 8.99. The van der Waals surface area contributed by atoms with E-state index in [-0.39, 0.29) is 0 Å². The van der Waals surface area contributed by atoms with Crippen LogP contribution < -0.4 is 4.57 Å². The van der Waals surface area contributed by atoms with Crippen LogP contribution in [0.2, 0.25) is 0 Å². The first-order chi connectivity index (χ1) is 14.0. The first-order valence-corrected chi connectivity index (χ1v) is 11.1. The van der Waals surface area contributed by atoms with Gasteiger partial charge in [0, 0.05) is 17.2 Å². The van der Waals surface area contributed by atoms with E-state index in [9.17, 15) is 0 Å². The molecule has 4 rings (SSSR count). The molecule has 0 aliphatic heterocycles. The minimum atomic E-state index is 0.727. The van der Waals surface area contributed by atoms with Crippen LogP contribution in [0.5, 0.6) is 0 Å². The van der Waals surface area contributed by atoms with Crippen molar-refractivity contribution >= 4 is 0 Å². The summed E-state index contributed by atoms with van der Waals surface area (Å²) in [5, 5.41) is 0. The van der Waals surface area contributed by atoms with Crippen LogP contribution in [0.1, 0.15) is 65.8 Å². The fraction of sp³-hybridized carbons (Fsp3) is 0.393. The lowest BCUT2D eigenvalue weighted by Crippen LogP contribution is -2.32. The highest BCUT2D eigenvalue weighted by Gasteiger charge is 2.24. The molecule has 3 aromatic rings. The minimum Gasteiger partial charge on any atom is -0.201 e. The van der Waals surface area contributed by atoms with Crippen molar-refractivity contribution in [3.05, 3.63) is 76.5 Å². The molecule has 0 saturated heterocycles. The second kappa shape index (κ2) is 8.14. The molecule has 0 bridgehead atoms. The third kappa shape index (κ3) is 3.75. The van der Waals surface area contributed by atoms with Gasteiger partial charge >= 0.3 is 0 Å². The fourth-order valence-corrected chi connectivity index (χ4v) is 5.31. The van der Waals surface area contributed by atoms with Crippen molar-refractivity contribution in [2.24, 2.45) is 7.05 Å². The third-order valence-electron chi connectivity index (χ3n) is 6.92. The summed E-state index contributed by atoms with van der Waals surface area (Å²) < 4.78 is 2.32. The maximum Gasteiger partial charge on any atom is 0.212 e. The summed E-state index contributed by atoms with van der Waals surface area (Å²) in [6, 6.07) is 15.9. The van der Waals surface area contributed by atoms with Crippen LogP contribution in [0.4, 0.5) is 0 Å². The van der Waals surface area contributed by atoms with Crippen molar-refractivity contribution in [3.63, 3.8) is 0 Å². The van der Waals surface area contributed by atoms with E-state index in [1.165, 1.54) is 76.7 Å². The van der Waals surface area contributed by atoms with Gasteiger partial charge in [-0.25, -0.2) is 4.57 Å². The van der Waals surface area contributed by atoms with Crippen LogP contribution in [-0.4, -0.2) is 0 Å². The molecule has 0 radical (unpaired) electrons. The zero-order chi connectivity index (χ0) is 20.5. The molecule has 1 fully saturated rings. The summed E-state index contributed by atoms with van der Waals surface area (Å²) in [4.78, 5) is 0. The Kier molecular flexibility index (Phi) is 5.58. The second-order valence-corrected chi connectivity index (χ2v) is 8.99. The first kappa shape index (κ1) is 19.9. The Morgan fingerprint density at radius 2 is 1.48 bits per heavy atom. The lowest BCUT2D eigenvalue weighted by atomic mass is 9.82.